The molecule has 1 atom stereocenters. The van der Waals surface area contributed by atoms with Crippen molar-refractivity contribution in [1.29, 1.82) is 0 Å². The number of carbonyl (C=O) groups is 1. The zero-order valence-corrected chi connectivity index (χ0v) is 10.2. The van der Waals surface area contributed by atoms with Crippen LogP contribution in [-0.2, 0) is 4.79 Å². The summed E-state index contributed by atoms with van der Waals surface area (Å²) < 4.78 is 0. The molecule has 0 saturated heterocycles. The van der Waals surface area contributed by atoms with Crippen LogP contribution in [0.1, 0.15) is 17.2 Å². The minimum absolute atomic E-state index is 0.486. The minimum atomic E-state index is -1.20. The van der Waals surface area contributed by atoms with Gasteiger partial charge in [-0.05, 0) is 23.8 Å². The summed E-state index contributed by atoms with van der Waals surface area (Å²) in [5, 5.41) is 12.6. The van der Waals surface area contributed by atoms with E-state index in [1.165, 1.54) is 0 Å². The van der Waals surface area contributed by atoms with Crippen molar-refractivity contribution in [2.45, 2.75) is 6.10 Å². The van der Waals surface area contributed by atoms with Crippen molar-refractivity contribution in [2.75, 3.05) is 5.32 Å². The van der Waals surface area contributed by atoms with Gasteiger partial charge >= 0.3 is 0 Å². The number of aliphatic hydroxyl groups is 1. The second-order valence-corrected chi connectivity index (χ2v) is 4.03. The molecule has 0 fully saturated rings. The fourth-order valence-corrected chi connectivity index (χ4v) is 1.68. The molecule has 0 radical (unpaired) electrons. The van der Waals surface area contributed by atoms with Crippen LogP contribution in [0.3, 0.4) is 0 Å². The van der Waals surface area contributed by atoms with Crippen LogP contribution in [0, 0.1) is 12.3 Å². The monoisotopic (exact) mass is 251 g/mol. The molecule has 2 N–H and O–H groups in total. The minimum Gasteiger partial charge on any atom is -0.378 e. The third-order valence-electron chi connectivity index (χ3n) is 2.66. The molecule has 0 aliphatic carbocycles. The summed E-state index contributed by atoms with van der Waals surface area (Å²) >= 11 is 0. The molecule has 0 aliphatic heterocycles. The van der Waals surface area contributed by atoms with Crippen molar-refractivity contribution >= 4 is 11.6 Å². The smallest absolute Gasteiger partial charge is 0.257 e. The SMILES string of the molecule is C#Cc1cccc(NC(=O)[C@@H](O)c2ccccc2)c1. The van der Waals surface area contributed by atoms with Crippen LogP contribution < -0.4 is 5.32 Å². The zero-order chi connectivity index (χ0) is 13.7. The lowest BCUT2D eigenvalue weighted by molar-refractivity contribution is -0.124. The van der Waals surface area contributed by atoms with Crippen molar-refractivity contribution < 1.29 is 9.90 Å². The number of rotatable bonds is 3. The van der Waals surface area contributed by atoms with E-state index in [2.05, 4.69) is 11.2 Å². The number of carbonyl (C=O) groups excluding carboxylic acids is 1. The normalized spacial score (nSPS) is 11.4. The number of anilines is 1. The molecular weight excluding hydrogens is 238 g/mol. The average Bonchev–Trinajstić information content (AvgIpc) is 2.47. The van der Waals surface area contributed by atoms with E-state index in [0.717, 1.165) is 0 Å². The van der Waals surface area contributed by atoms with Gasteiger partial charge in [0.15, 0.2) is 6.10 Å². The van der Waals surface area contributed by atoms with Crippen molar-refractivity contribution in [3.8, 4) is 12.3 Å². The molecule has 3 heteroatoms. The Kier molecular flexibility index (Phi) is 3.97. The van der Waals surface area contributed by atoms with E-state index < -0.39 is 12.0 Å². The van der Waals surface area contributed by atoms with E-state index in [1.807, 2.05) is 6.07 Å². The van der Waals surface area contributed by atoms with Gasteiger partial charge in [0.05, 0.1) is 0 Å². The van der Waals surface area contributed by atoms with Gasteiger partial charge in [-0.1, -0.05) is 42.3 Å². The van der Waals surface area contributed by atoms with Gasteiger partial charge in [0.25, 0.3) is 5.91 Å². The zero-order valence-electron chi connectivity index (χ0n) is 10.2. The molecule has 0 spiro atoms. The van der Waals surface area contributed by atoms with Gasteiger partial charge in [-0.2, -0.15) is 0 Å². The lowest BCUT2D eigenvalue weighted by Gasteiger charge is -2.11. The van der Waals surface area contributed by atoms with Crippen LogP contribution in [0.2, 0.25) is 0 Å². The Morgan fingerprint density at radius 2 is 1.89 bits per heavy atom. The average molecular weight is 251 g/mol. The Bertz CT molecular complexity index is 614. The number of aliphatic hydroxyl groups excluding tert-OH is 1. The Morgan fingerprint density at radius 3 is 2.58 bits per heavy atom. The Labute approximate surface area is 111 Å². The lowest BCUT2D eigenvalue weighted by Crippen LogP contribution is -2.20. The van der Waals surface area contributed by atoms with Crippen LogP contribution >= 0.6 is 0 Å². The van der Waals surface area contributed by atoms with E-state index in [4.69, 9.17) is 6.42 Å². The van der Waals surface area contributed by atoms with Crippen molar-refractivity contribution in [3.63, 3.8) is 0 Å². The first-order valence-electron chi connectivity index (χ1n) is 5.81. The topological polar surface area (TPSA) is 49.3 Å². The molecule has 0 aliphatic rings. The highest BCUT2D eigenvalue weighted by Crippen LogP contribution is 2.16. The molecule has 0 aromatic heterocycles. The molecule has 2 rings (SSSR count). The molecule has 19 heavy (non-hydrogen) atoms. The third-order valence-corrected chi connectivity index (χ3v) is 2.66. The molecule has 2 aromatic rings. The lowest BCUT2D eigenvalue weighted by atomic mass is 10.1. The van der Waals surface area contributed by atoms with Gasteiger partial charge in [-0.25, -0.2) is 0 Å². The van der Waals surface area contributed by atoms with Crippen LogP contribution in [0.4, 0.5) is 5.69 Å². The summed E-state index contributed by atoms with van der Waals surface area (Å²) in [6.07, 6.45) is 4.09. The maximum absolute atomic E-state index is 11.9. The van der Waals surface area contributed by atoms with Crippen LogP contribution in [-0.4, -0.2) is 11.0 Å². The summed E-state index contributed by atoms with van der Waals surface area (Å²) in [5.74, 6) is 2.00. The summed E-state index contributed by atoms with van der Waals surface area (Å²) in [4.78, 5) is 11.9. The van der Waals surface area contributed by atoms with Gasteiger partial charge in [-0.3, -0.25) is 4.79 Å². The fourth-order valence-electron chi connectivity index (χ4n) is 1.68. The molecule has 0 heterocycles. The van der Waals surface area contributed by atoms with Crippen molar-refractivity contribution in [1.82, 2.24) is 0 Å². The predicted octanol–water partition coefficient (Wildman–Crippen LogP) is 2.34. The predicted molar refractivity (Wildman–Crippen MR) is 74.4 cm³/mol. The molecule has 0 saturated carbocycles. The summed E-state index contributed by atoms with van der Waals surface area (Å²) in [5.41, 5.74) is 1.79. The third kappa shape index (κ3) is 3.21. The van der Waals surface area contributed by atoms with Gasteiger partial charge in [-0.15, -0.1) is 6.42 Å². The number of hydrogen-bond donors (Lipinski definition) is 2. The van der Waals surface area contributed by atoms with Gasteiger partial charge < -0.3 is 10.4 Å². The Balaban J connectivity index is 2.11. The first kappa shape index (κ1) is 12.9. The second kappa shape index (κ2) is 5.85. The van der Waals surface area contributed by atoms with E-state index in [9.17, 15) is 9.90 Å². The molecule has 0 unspecified atom stereocenters. The van der Waals surface area contributed by atoms with E-state index in [0.29, 0.717) is 16.8 Å². The largest absolute Gasteiger partial charge is 0.378 e. The quantitative estimate of drug-likeness (QED) is 0.823. The maximum Gasteiger partial charge on any atom is 0.257 e. The van der Waals surface area contributed by atoms with Gasteiger partial charge in [0, 0.05) is 11.3 Å². The number of amides is 1. The van der Waals surface area contributed by atoms with Crippen LogP contribution in [0.15, 0.2) is 54.6 Å². The molecule has 3 nitrogen and oxygen atoms in total. The van der Waals surface area contributed by atoms with Crippen molar-refractivity contribution in [3.05, 3.63) is 65.7 Å². The number of terminal acetylenes is 1. The number of benzene rings is 2. The summed E-state index contributed by atoms with van der Waals surface area (Å²) in [6.45, 7) is 0. The Hall–Kier alpha value is -2.57. The standard InChI is InChI=1S/C16H13NO2/c1-2-12-7-6-10-14(11-12)17-16(19)15(18)13-8-4-3-5-9-13/h1,3-11,15,18H,(H,17,19)/t15-/m0/s1. The second-order valence-electron chi connectivity index (χ2n) is 4.03. The van der Waals surface area contributed by atoms with E-state index in [-0.39, 0.29) is 0 Å². The fraction of sp³-hybridized carbons (Fsp3) is 0.0625. The van der Waals surface area contributed by atoms with Gasteiger partial charge in [0.2, 0.25) is 0 Å². The molecular formula is C16H13NO2. The highest BCUT2D eigenvalue weighted by atomic mass is 16.3. The maximum atomic E-state index is 11.9. The molecule has 94 valence electrons. The first-order valence-corrected chi connectivity index (χ1v) is 5.81. The summed E-state index contributed by atoms with van der Waals surface area (Å²) in [7, 11) is 0. The van der Waals surface area contributed by atoms with Crippen LogP contribution in [0.25, 0.3) is 0 Å². The van der Waals surface area contributed by atoms with Gasteiger partial charge in [0.1, 0.15) is 0 Å². The van der Waals surface area contributed by atoms with Crippen molar-refractivity contribution in [2.24, 2.45) is 0 Å². The highest BCUT2D eigenvalue weighted by molar-refractivity contribution is 5.94. The molecule has 1 amide bonds. The van der Waals surface area contributed by atoms with E-state index >= 15 is 0 Å². The summed E-state index contributed by atoms with van der Waals surface area (Å²) in [6, 6.07) is 15.7. The van der Waals surface area contributed by atoms with E-state index in [1.54, 1.807) is 48.5 Å². The number of nitrogens with one attached hydrogen (secondary N) is 1. The Morgan fingerprint density at radius 1 is 1.16 bits per heavy atom. The molecule has 0 bridgehead atoms. The highest BCUT2D eigenvalue weighted by Gasteiger charge is 2.16. The number of hydrogen-bond acceptors (Lipinski definition) is 2. The van der Waals surface area contributed by atoms with Crippen LogP contribution in [0.5, 0.6) is 0 Å². The molecule has 2 aromatic carbocycles. The first-order chi connectivity index (χ1) is 9.20.